The van der Waals surface area contributed by atoms with E-state index in [0.29, 0.717) is 11.3 Å². The van der Waals surface area contributed by atoms with Crippen molar-refractivity contribution >= 4 is 46.5 Å². The van der Waals surface area contributed by atoms with E-state index in [0.717, 1.165) is 0 Å². The SMILES string of the molecule is CN(C)c1cc(NC(=O)NC(=O)c2ccccc2)c(O)c2c1C[C@H]1C[C@H]3[C@H](N(C)C)C(=O)C(C(N)=O)=C(O)[C@@]3(O)C(=O)C1=C2O. The summed E-state index contributed by atoms with van der Waals surface area (Å²) >= 11 is 0. The molecule has 1 fully saturated rings. The van der Waals surface area contributed by atoms with Crippen molar-refractivity contribution in [2.45, 2.75) is 24.5 Å². The Labute approximate surface area is 257 Å². The van der Waals surface area contributed by atoms with Crippen LogP contribution in [-0.4, -0.2) is 94.6 Å². The van der Waals surface area contributed by atoms with Gasteiger partial charge in [0.15, 0.2) is 17.1 Å². The number of hydrogen-bond donors (Lipinski definition) is 7. The summed E-state index contributed by atoms with van der Waals surface area (Å²) in [5.74, 6) is -8.52. The lowest BCUT2D eigenvalue weighted by Gasteiger charge is -2.50. The molecular weight excluding hydrogens is 586 g/mol. The number of aliphatic hydroxyl groups excluding tert-OH is 2. The molecule has 0 aromatic heterocycles. The molecule has 0 unspecified atom stereocenters. The lowest BCUT2D eigenvalue weighted by Crippen LogP contribution is -2.65. The van der Waals surface area contributed by atoms with Crippen LogP contribution in [0, 0.1) is 11.8 Å². The predicted molar refractivity (Wildman–Crippen MR) is 161 cm³/mol. The van der Waals surface area contributed by atoms with Crippen LogP contribution in [0.25, 0.3) is 5.76 Å². The first-order chi connectivity index (χ1) is 21.1. The lowest BCUT2D eigenvalue weighted by molar-refractivity contribution is -0.153. The molecule has 14 heteroatoms. The number of likely N-dealkylation sites (N-methyl/N-ethyl adjacent to an activating group) is 1. The summed E-state index contributed by atoms with van der Waals surface area (Å²) in [6.45, 7) is 0. The molecule has 4 atom stereocenters. The first kappa shape index (κ1) is 31.2. The molecule has 0 saturated heterocycles. The van der Waals surface area contributed by atoms with Gasteiger partial charge in [-0.3, -0.25) is 29.4 Å². The molecule has 3 aliphatic rings. The maximum absolute atomic E-state index is 14.1. The summed E-state index contributed by atoms with van der Waals surface area (Å²) in [5.41, 5.74) is 2.03. The molecule has 2 aromatic rings. The minimum atomic E-state index is -2.78. The van der Waals surface area contributed by atoms with Crippen LogP contribution < -0.4 is 21.3 Å². The Morgan fingerprint density at radius 2 is 1.67 bits per heavy atom. The van der Waals surface area contributed by atoms with Crippen LogP contribution in [-0.2, 0) is 20.8 Å². The molecule has 1 saturated carbocycles. The van der Waals surface area contributed by atoms with Crippen molar-refractivity contribution in [2.24, 2.45) is 17.6 Å². The Morgan fingerprint density at radius 1 is 1.02 bits per heavy atom. The molecule has 45 heavy (non-hydrogen) atoms. The number of anilines is 2. The van der Waals surface area contributed by atoms with Gasteiger partial charge in [0.25, 0.3) is 11.8 Å². The quantitative estimate of drug-likeness (QED) is 0.185. The third kappa shape index (κ3) is 4.78. The van der Waals surface area contributed by atoms with Gasteiger partial charge in [-0.2, -0.15) is 0 Å². The minimum absolute atomic E-state index is 0.0641. The number of nitrogens with one attached hydrogen (secondary N) is 2. The highest BCUT2D eigenvalue weighted by Gasteiger charge is 2.64. The van der Waals surface area contributed by atoms with Gasteiger partial charge in [-0.15, -0.1) is 0 Å². The van der Waals surface area contributed by atoms with Crippen LogP contribution in [0.2, 0.25) is 0 Å². The molecule has 2 aromatic carbocycles. The fraction of sp³-hybridized carbons (Fsp3) is 0.323. The molecule has 3 aliphatic carbocycles. The van der Waals surface area contributed by atoms with Gasteiger partial charge in [0.1, 0.15) is 17.1 Å². The fourth-order valence-corrected chi connectivity index (χ4v) is 6.70. The number of carbonyl (C=O) groups excluding carboxylic acids is 5. The van der Waals surface area contributed by atoms with Crippen LogP contribution in [0.1, 0.15) is 27.9 Å². The molecule has 4 amide bonds. The second-order valence-electron chi connectivity index (χ2n) is 11.8. The molecule has 0 spiro atoms. The second kappa shape index (κ2) is 11.1. The summed E-state index contributed by atoms with van der Waals surface area (Å²) in [7, 11) is 6.42. The van der Waals surface area contributed by atoms with E-state index in [1.807, 2.05) is 0 Å². The average Bonchev–Trinajstić information content (AvgIpc) is 2.96. The maximum atomic E-state index is 14.1. The van der Waals surface area contributed by atoms with Gasteiger partial charge in [0.05, 0.1) is 17.3 Å². The zero-order valence-electron chi connectivity index (χ0n) is 24.9. The molecule has 0 aliphatic heterocycles. The van der Waals surface area contributed by atoms with Gasteiger partial charge in [-0.25, -0.2) is 4.79 Å². The largest absolute Gasteiger partial charge is 0.508 e. The molecule has 0 bridgehead atoms. The third-order valence-electron chi connectivity index (χ3n) is 8.69. The summed E-state index contributed by atoms with van der Waals surface area (Å²) in [6.07, 6.45) is -0.00201. The highest BCUT2D eigenvalue weighted by atomic mass is 16.3. The molecule has 14 nitrogen and oxygen atoms in total. The number of benzene rings is 2. The summed E-state index contributed by atoms with van der Waals surface area (Å²) in [6, 6.07) is 7.22. The number of nitrogens with zero attached hydrogens (tertiary/aromatic N) is 2. The van der Waals surface area contributed by atoms with E-state index in [4.69, 9.17) is 5.73 Å². The third-order valence-corrected chi connectivity index (χ3v) is 8.69. The first-order valence-corrected chi connectivity index (χ1v) is 14.0. The number of Topliss-reactive ketones (excluding diaryl/α,β-unsaturated/α-hetero) is 2. The number of primary amides is 1. The van der Waals surface area contributed by atoms with Crippen LogP contribution in [0.4, 0.5) is 16.2 Å². The highest BCUT2D eigenvalue weighted by Crippen LogP contribution is 2.54. The van der Waals surface area contributed by atoms with Crippen molar-refractivity contribution in [3.05, 3.63) is 70.0 Å². The minimum Gasteiger partial charge on any atom is -0.508 e. The Morgan fingerprint density at radius 3 is 2.24 bits per heavy atom. The Bertz CT molecular complexity index is 1730. The number of phenolic OH excluding ortho intramolecular Hbond substituents is 1. The fourth-order valence-electron chi connectivity index (χ4n) is 6.70. The lowest BCUT2D eigenvalue weighted by atomic mass is 9.57. The van der Waals surface area contributed by atoms with E-state index in [1.54, 1.807) is 37.2 Å². The Hall–Kier alpha value is -5.21. The van der Waals surface area contributed by atoms with Crippen LogP contribution in [0.15, 0.2) is 53.3 Å². The number of hydrogen-bond acceptors (Lipinski definition) is 11. The van der Waals surface area contributed by atoms with E-state index < -0.39 is 75.7 Å². The normalized spacial score (nSPS) is 24.1. The van der Waals surface area contributed by atoms with Crippen LogP contribution in [0.5, 0.6) is 5.75 Å². The Balaban J connectivity index is 1.61. The number of fused-ring (bicyclic) bond motifs is 3. The number of nitrogens with two attached hydrogens (primary N) is 1. The van der Waals surface area contributed by atoms with Crippen molar-refractivity contribution in [3.8, 4) is 5.75 Å². The smallest absolute Gasteiger partial charge is 0.326 e. The van der Waals surface area contributed by atoms with Gasteiger partial charge in [0, 0.05) is 36.8 Å². The predicted octanol–water partition coefficient (Wildman–Crippen LogP) is 0.992. The van der Waals surface area contributed by atoms with E-state index in [2.05, 4.69) is 10.6 Å². The summed E-state index contributed by atoms with van der Waals surface area (Å²) < 4.78 is 0. The first-order valence-electron chi connectivity index (χ1n) is 14.0. The van der Waals surface area contributed by atoms with Crippen molar-refractivity contribution in [2.75, 3.05) is 38.4 Å². The number of aliphatic hydroxyl groups is 3. The number of ketones is 2. The van der Waals surface area contributed by atoms with Crippen molar-refractivity contribution < 1.29 is 44.4 Å². The highest BCUT2D eigenvalue weighted by molar-refractivity contribution is 6.24. The topological polar surface area (TPSA) is 223 Å². The van der Waals surface area contributed by atoms with E-state index in [-0.39, 0.29) is 35.2 Å². The van der Waals surface area contributed by atoms with Crippen LogP contribution in [0.3, 0.4) is 0 Å². The van der Waals surface area contributed by atoms with Crippen molar-refractivity contribution in [1.82, 2.24) is 10.2 Å². The molecule has 8 N–H and O–H groups in total. The van der Waals surface area contributed by atoms with Crippen molar-refractivity contribution in [3.63, 3.8) is 0 Å². The van der Waals surface area contributed by atoms with Crippen LogP contribution >= 0.6 is 0 Å². The van der Waals surface area contributed by atoms with Gasteiger partial charge in [-0.05, 0) is 56.6 Å². The number of aromatic hydroxyl groups is 1. The monoisotopic (exact) mass is 619 g/mol. The molecule has 0 radical (unpaired) electrons. The van der Waals surface area contributed by atoms with E-state index in [1.165, 1.54) is 37.2 Å². The van der Waals surface area contributed by atoms with Gasteiger partial charge in [-0.1, -0.05) is 18.2 Å². The number of urea groups is 1. The number of phenols is 1. The average molecular weight is 620 g/mol. The molecule has 0 heterocycles. The number of carbonyl (C=O) groups is 5. The second-order valence-corrected chi connectivity index (χ2v) is 11.8. The Kier molecular flexibility index (Phi) is 7.67. The molecule has 5 rings (SSSR count). The number of rotatable bonds is 5. The van der Waals surface area contributed by atoms with Gasteiger partial charge < -0.3 is 36.4 Å². The standard InChI is InChI=1S/C31H33N5O9/c1-35(2)18-12-17(33-30(44)34-29(43)13-8-6-5-7-9-13)23(37)20-15(18)10-14-11-16-22(36(3)4)25(39)21(28(32)42)27(41)31(16,45)26(40)19(14)24(20)38/h5-9,12,14,16,22,37-38,41,45H,10-11H2,1-4H3,(H2,32,42)(H2,33,34,43,44)/t14-,16-,22-,31-/m0/s1. The zero-order valence-corrected chi connectivity index (χ0v) is 24.9. The van der Waals surface area contributed by atoms with E-state index in [9.17, 15) is 44.4 Å². The van der Waals surface area contributed by atoms with Crippen molar-refractivity contribution in [1.29, 1.82) is 0 Å². The number of imide groups is 1. The van der Waals surface area contributed by atoms with Gasteiger partial charge >= 0.3 is 6.03 Å². The summed E-state index contributed by atoms with van der Waals surface area (Å²) in [4.78, 5) is 67.9. The molecule has 236 valence electrons. The van der Waals surface area contributed by atoms with E-state index >= 15 is 0 Å². The molecular formula is C31H33N5O9. The zero-order chi connectivity index (χ0) is 33.1. The number of amides is 4. The van der Waals surface area contributed by atoms with Gasteiger partial charge in [0.2, 0.25) is 5.78 Å². The maximum Gasteiger partial charge on any atom is 0.326 e. The summed E-state index contributed by atoms with van der Waals surface area (Å²) in [5, 5.41) is 50.3.